The number of aliphatic hydroxyl groups excluding tert-OH is 1. The molecule has 6 nitrogen and oxygen atoms in total. The third-order valence-corrected chi connectivity index (χ3v) is 5.55. The van der Waals surface area contributed by atoms with Crippen LogP contribution in [0, 0.1) is 0 Å². The maximum Gasteiger partial charge on any atom is 0.416 e. The third kappa shape index (κ3) is 5.29. The summed E-state index contributed by atoms with van der Waals surface area (Å²) in [5, 5.41) is 13.1. The largest absolute Gasteiger partial charge is 0.491 e. The zero-order chi connectivity index (χ0) is 22.0. The molecule has 2 aromatic rings. The number of nitrogens with one attached hydrogen (secondary N) is 1. The molecule has 2 aliphatic heterocycles. The first-order valence-electron chi connectivity index (χ1n) is 10.2. The van der Waals surface area contributed by atoms with Crippen LogP contribution in [0.2, 0.25) is 0 Å². The number of nitrogens with zero attached hydrogens (tertiary/aromatic N) is 2. The molecule has 1 fully saturated rings. The van der Waals surface area contributed by atoms with Crippen molar-refractivity contribution < 1.29 is 27.8 Å². The molecule has 2 aromatic carbocycles. The minimum absolute atomic E-state index is 0.0392. The number of fused-ring (bicyclic) bond motifs is 1. The Labute approximate surface area is 178 Å². The zero-order valence-corrected chi connectivity index (χ0v) is 16.9. The lowest BCUT2D eigenvalue weighted by molar-refractivity contribution is -0.137. The molecule has 2 N–H and O–H groups in total. The van der Waals surface area contributed by atoms with Crippen LogP contribution in [0.1, 0.15) is 11.1 Å². The van der Waals surface area contributed by atoms with E-state index in [1.54, 1.807) is 12.1 Å². The maximum atomic E-state index is 12.7. The maximum absolute atomic E-state index is 12.7. The number of rotatable bonds is 6. The highest BCUT2D eigenvalue weighted by molar-refractivity contribution is 5.99. The molecule has 0 aliphatic carbocycles. The molecule has 0 spiro atoms. The minimum atomic E-state index is -4.33. The predicted octanol–water partition coefficient (Wildman–Crippen LogP) is 2.76. The summed E-state index contributed by atoms with van der Waals surface area (Å²) in [6, 6.07) is 10.6. The van der Waals surface area contributed by atoms with Crippen molar-refractivity contribution in [1.29, 1.82) is 0 Å². The number of ether oxygens (including phenoxy) is 1. The van der Waals surface area contributed by atoms with E-state index in [0.29, 0.717) is 44.9 Å². The highest BCUT2D eigenvalue weighted by Crippen LogP contribution is 2.31. The fourth-order valence-corrected chi connectivity index (χ4v) is 3.89. The lowest BCUT2D eigenvalue weighted by Gasteiger charge is -2.37. The van der Waals surface area contributed by atoms with Gasteiger partial charge >= 0.3 is 6.18 Å². The van der Waals surface area contributed by atoms with Crippen molar-refractivity contribution >= 4 is 17.3 Å². The number of carbonyl (C=O) groups excluding carboxylic acids is 1. The van der Waals surface area contributed by atoms with E-state index in [0.717, 1.165) is 29.1 Å². The third-order valence-electron chi connectivity index (χ3n) is 5.55. The van der Waals surface area contributed by atoms with E-state index in [1.807, 2.05) is 11.0 Å². The Bertz CT molecular complexity index is 926. The Kier molecular flexibility index (Phi) is 6.06. The Hall–Kier alpha value is -2.78. The summed E-state index contributed by atoms with van der Waals surface area (Å²) >= 11 is 0. The van der Waals surface area contributed by atoms with Crippen LogP contribution >= 0.6 is 0 Å². The number of anilines is 2. The smallest absolute Gasteiger partial charge is 0.416 e. The molecular weight excluding hydrogens is 411 g/mol. The molecule has 1 amide bonds. The van der Waals surface area contributed by atoms with Gasteiger partial charge in [0.25, 0.3) is 0 Å². The number of aliphatic hydroxyl groups is 1. The van der Waals surface area contributed by atoms with Crippen molar-refractivity contribution in [2.75, 3.05) is 49.5 Å². The van der Waals surface area contributed by atoms with Gasteiger partial charge in [0, 0.05) is 44.1 Å². The zero-order valence-electron chi connectivity index (χ0n) is 16.9. The standard InChI is InChI=1S/C22H24F3N3O3/c23-22(24,25)16-1-3-17(4-2-16)28-9-7-27(8-10-28)13-18(29)14-31-19-5-6-20-15(11-19)12-21(30)26-20/h1-6,11,18,29H,7-10,12-14H2,(H,26,30)/t18-/m0/s1. The van der Waals surface area contributed by atoms with E-state index in [9.17, 15) is 23.1 Å². The highest BCUT2D eigenvalue weighted by atomic mass is 19.4. The number of piperazine rings is 1. The van der Waals surface area contributed by atoms with Gasteiger partial charge in [0.05, 0.1) is 12.0 Å². The molecule has 31 heavy (non-hydrogen) atoms. The first kappa shape index (κ1) is 21.5. The summed E-state index contributed by atoms with van der Waals surface area (Å²) < 4.78 is 43.8. The molecule has 2 aliphatic rings. The number of carbonyl (C=O) groups is 1. The average molecular weight is 435 g/mol. The number of amides is 1. The summed E-state index contributed by atoms with van der Waals surface area (Å²) in [7, 11) is 0. The Balaban J connectivity index is 1.22. The second-order valence-electron chi connectivity index (χ2n) is 7.84. The quantitative estimate of drug-likeness (QED) is 0.731. The lowest BCUT2D eigenvalue weighted by atomic mass is 10.1. The molecule has 0 radical (unpaired) electrons. The molecular formula is C22H24F3N3O3. The molecule has 2 heterocycles. The molecule has 166 valence electrons. The van der Waals surface area contributed by atoms with E-state index in [4.69, 9.17) is 4.74 Å². The van der Waals surface area contributed by atoms with Crippen LogP contribution in [-0.4, -0.2) is 61.3 Å². The summed E-state index contributed by atoms with van der Waals surface area (Å²) in [4.78, 5) is 15.6. The van der Waals surface area contributed by atoms with Gasteiger partial charge in [-0.1, -0.05) is 0 Å². The van der Waals surface area contributed by atoms with E-state index in [-0.39, 0.29) is 12.5 Å². The molecule has 1 atom stereocenters. The molecule has 0 saturated carbocycles. The van der Waals surface area contributed by atoms with Gasteiger partial charge in [0.15, 0.2) is 0 Å². The van der Waals surface area contributed by atoms with Crippen LogP contribution in [-0.2, 0) is 17.4 Å². The Morgan fingerprint density at radius 1 is 1.06 bits per heavy atom. The number of halogens is 3. The topological polar surface area (TPSA) is 65.0 Å². The molecule has 0 unspecified atom stereocenters. The van der Waals surface area contributed by atoms with Crippen molar-refractivity contribution in [2.24, 2.45) is 0 Å². The summed E-state index contributed by atoms with van der Waals surface area (Å²) in [6.45, 7) is 3.33. The minimum Gasteiger partial charge on any atom is -0.491 e. The van der Waals surface area contributed by atoms with Gasteiger partial charge in [-0.3, -0.25) is 9.69 Å². The monoisotopic (exact) mass is 435 g/mol. The van der Waals surface area contributed by atoms with Gasteiger partial charge < -0.3 is 20.1 Å². The van der Waals surface area contributed by atoms with Crippen LogP contribution in [0.3, 0.4) is 0 Å². The van der Waals surface area contributed by atoms with Crippen molar-refractivity contribution in [3.8, 4) is 5.75 Å². The number of alkyl halides is 3. The first-order valence-corrected chi connectivity index (χ1v) is 10.2. The fraction of sp³-hybridized carbons (Fsp3) is 0.409. The van der Waals surface area contributed by atoms with Crippen molar-refractivity contribution in [3.63, 3.8) is 0 Å². The van der Waals surface area contributed by atoms with E-state index >= 15 is 0 Å². The second kappa shape index (κ2) is 8.76. The average Bonchev–Trinajstić information content (AvgIpc) is 3.11. The van der Waals surface area contributed by atoms with E-state index in [2.05, 4.69) is 10.2 Å². The highest BCUT2D eigenvalue weighted by Gasteiger charge is 2.30. The second-order valence-corrected chi connectivity index (χ2v) is 7.84. The van der Waals surface area contributed by atoms with Crippen molar-refractivity contribution in [2.45, 2.75) is 18.7 Å². The summed E-state index contributed by atoms with van der Waals surface area (Å²) in [5.74, 6) is 0.573. The summed E-state index contributed by atoms with van der Waals surface area (Å²) in [6.07, 6.45) is -4.67. The van der Waals surface area contributed by atoms with Crippen LogP contribution in [0.4, 0.5) is 24.5 Å². The molecule has 9 heteroatoms. The number of benzene rings is 2. The molecule has 4 rings (SSSR count). The van der Waals surface area contributed by atoms with Gasteiger partial charge in [-0.15, -0.1) is 0 Å². The van der Waals surface area contributed by atoms with Crippen LogP contribution in [0.15, 0.2) is 42.5 Å². The number of β-amino-alcohol motifs (C(OH)–C–C–N with tert-alkyl or cyclic N) is 1. The molecule has 0 aromatic heterocycles. The van der Waals surface area contributed by atoms with Gasteiger partial charge in [-0.2, -0.15) is 13.2 Å². The Morgan fingerprint density at radius 2 is 1.77 bits per heavy atom. The van der Waals surface area contributed by atoms with Gasteiger partial charge in [-0.05, 0) is 48.0 Å². The SMILES string of the molecule is O=C1Cc2cc(OC[C@@H](O)CN3CCN(c4ccc(C(F)(F)F)cc4)CC3)ccc2N1. The Morgan fingerprint density at radius 3 is 2.45 bits per heavy atom. The normalized spacial score (nSPS) is 17.9. The number of hydrogen-bond donors (Lipinski definition) is 2. The lowest BCUT2D eigenvalue weighted by Crippen LogP contribution is -2.49. The van der Waals surface area contributed by atoms with Gasteiger partial charge in [-0.25, -0.2) is 0 Å². The number of hydrogen-bond acceptors (Lipinski definition) is 5. The predicted molar refractivity (Wildman–Crippen MR) is 110 cm³/mol. The van der Waals surface area contributed by atoms with Crippen molar-refractivity contribution in [1.82, 2.24) is 4.90 Å². The van der Waals surface area contributed by atoms with E-state index < -0.39 is 17.8 Å². The van der Waals surface area contributed by atoms with Crippen LogP contribution < -0.4 is 15.0 Å². The van der Waals surface area contributed by atoms with Crippen LogP contribution in [0.5, 0.6) is 5.75 Å². The van der Waals surface area contributed by atoms with Crippen LogP contribution in [0.25, 0.3) is 0 Å². The first-order chi connectivity index (χ1) is 14.8. The van der Waals surface area contributed by atoms with Gasteiger partial charge in [0.2, 0.25) is 5.91 Å². The van der Waals surface area contributed by atoms with Crippen molar-refractivity contribution in [3.05, 3.63) is 53.6 Å². The molecule has 0 bridgehead atoms. The fourth-order valence-electron chi connectivity index (χ4n) is 3.89. The summed E-state index contributed by atoms with van der Waals surface area (Å²) in [5.41, 5.74) is 1.80. The van der Waals surface area contributed by atoms with Gasteiger partial charge in [0.1, 0.15) is 18.5 Å². The molecule has 1 saturated heterocycles. The van der Waals surface area contributed by atoms with E-state index in [1.165, 1.54) is 12.1 Å².